The van der Waals surface area contributed by atoms with Crippen LogP contribution in [0.25, 0.3) is 0 Å². The van der Waals surface area contributed by atoms with Gasteiger partial charge in [0.05, 0.1) is 0 Å². The average molecular weight is 326 g/mol. The quantitative estimate of drug-likeness (QED) is 0.877. The number of halogens is 1. The summed E-state index contributed by atoms with van der Waals surface area (Å²) >= 11 is 3.46. The van der Waals surface area contributed by atoms with Gasteiger partial charge < -0.3 is 10.4 Å². The zero-order valence-corrected chi connectivity index (χ0v) is 12.6. The monoisotopic (exact) mass is 325 g/mol. The Morgan fingerprint density at radius 1 is 1.26 bits per heavy atom. The summed E-state index contributed by atoms with van der Waals surface area (Å²) in [5.74, 6) is 0.397. The van der Waals surface area contributed by atoms with Gasteiger partial charge in [0, 0.05) is 61.9 Å². The molecule has 2 saturated heterocycles. The van der Waals surface area contributed by atoms with Crippen molar-refractivity contribution in [3.05, 3.63) is 28.2 Å². The van der Waals surface area contributed by atoms with E-state index in [1.54, 1.807) is 6.07 Å². The van der Waals surface area contributed by atoms with Crippen LogP contribution in [0, 0.1) is 0 Å². The van der Waals surface area contributed by atoms with Gasteiger partial charge in [-0.15, -0.1) is 0 Å². The van der Waals surface area contributed by atoms with Gasteiger partial charge in [0.2, 0.25) is 0 Å². The molecule has 0 aliphatic carbocycles. The lowest BCUT2D eigenvalue weighted by Crippen LogP contribution is -2.62. The van der Waals surface area contributed by atoms with Crippen LogP contribution >= 0.6 is 15.9 Å². The van der Waals surface area contributed by atoms with Gasteiger partial charge in [-0.25, -0.2) is 0 Å². The number of hydrogen-bond donors (Lipinski definition) is 2. The van der Waals surface area contributed by atoms with Crippen LogP contribution in [0.3, 0.4) is 0 Å². The third-order valence-electron chi connectivity index (χ3n) is 4.04. The highest BCUT2D eigenvalue weighted by atomic mass is 79.9. The van der Waals surface area contributed by atoms with Crippen molar-refractivity contribution >= 4 is 15.9 Å². The molecule has 19 heavy (non-hydrogen) atoms. The number of likely N-dealkylation sites (tertiary alicyclic amines) is 1. The summed E-state index contributed by atoms with van der Waals surface area (Å²) in [5, 5.41) is 13.2. The third-order valence-corrected chi connectivity index (χ3v) is 4.53. The molecule has 2 fully saturated rings. The Balaban J connectivity index is 1.52. The van der Waals surface area contributed by atoms with Crippen LogP contribution in [0.4, 0.5) is 0 Å². The van der Waals surface area contributed by atoms with Crippen molar-refractivity contribution < 1.29 is 5.11 Å². The van der Waals surface area contributed by atoms with Crippen molar-refractivity contribution in [2.75, 3.05) is 39.3 Å². The Bertz CT molecular complexity index is 442. The molecule has 1 aromatic rings. The maximum atomic E-state index is 9.85. The fourth-order valence-corrected chi connectivity index (χ4v) is 3.28. The van der Waals surface area contributed by atoms with Crippen molar-refractivity contribution in [2.24, 2.45) is 0 Å². The first kappa shape index (κ1) is 13.4. The van der Waals surface area contributed by atoms with Crippen LogP contribution in [-0.4, -0.2) is 60.2 Å². The highest BCUT2D eigenvalue weighted by Crippen LogP contribution is 2.26. The van der Waals surface area contributed by atoms with Gasteiger partial charge in [-0.2, -0.15) is 0 Å². The molecule has 0 aromatic heterocycles. The molecular formula is C14H20BrN3O. The topological polar surface area (TPSA) is 38.7 Å². The number of rotatable bonds is 3. The normalized spacial score (nSPS) is 22.4. The van der Waals surface area contributed by atoms with E-state index >= 15 is 0 Å². The summed E-state index contributed by atoms with van der Waals surface area (Å²) in [4.78, 5) is 4.97. The van der Waals surface area contributed by atoms with Crippen molar-refractivity contribution in [1.29, 1.82) is 0 Å². The van der Waals surface area contributed by atoms with Gasteiger partial charge >= 0.3 is 0 Å². The number of aromatic hydroxyl groups is 1. The summed E-state index contributed by atoms with van der Waals surface area (Å²) in [6, 6.07) is 6.34. The van der Waals surface area contributed by atoms with Gasteiger partial charge in [-0.1, -0.05) is 15.9 Å². The molecule has 2 N–H and O–H groups in total. The molecule has 0 spiro atoms. The van der Waals surface area contributed by atoms with E-state index in [0.717, 1.165) is 42.8 Å². The molecule has 2 aliphatic rings. The van der Waals surface area contributed by atoms with E-state index < -0.39 is 0 Å². The highest BCUT2D eigenvalue weighted by Gasteiger charge is 2.32. The fourth-order valence-electron chi connectivity index (χ4n) is 2.87. The summed E-state index contributed by atoms with van der Waals surface area (Å²) in [6.07, 6.45) is 0. The fraction of sp³-hybridized carbons (Fsp3) is 0.571. The van der Waals surface area contributed by atoms with Gasteiger partial charge in [0.15, 0.2) is 0 Å². The van der Waals surface area contributed by atoms with Crippen LogP contribution in [-0.2, 0) is 6.54 Å². The minimum Gasteiger partial charge on any atom is -0.508 e. The van der Waals surface area contributed by atoms with Crippen LogP contribution in [0.15, 0.2) is 22.7 Å². The van der Waals surface area contributed by atoms with Crippen molar-refractivity contribution in [2.45, 2.75) is 12.6 Å². The average Bonchev–Trinajstić information content (AvgIpc) is 2.38. The Kier molecular flexibility index (Phi) is 4.07. The molecule has 4 nitrogen and oxygen atoms in total. The van der Waals surface area contributed by atoms with Gasteiger partial charge in [0.1, 0.15) is 5.75 Å². The first-order valence-corrected chi connectivity index (χ1v) is 7.66. The van der Waals surface area contributed by atoms with Crippen LogP contribution in [0.2, 0.25) is 0 Å². The number of benzene rings is 1. The summed E-state index contributed by atoms with van der Waals surface area (Å²) < 4.78 is 1.03. The molecule has 0 bridgehead atoms. The molecule has 0 unspecified atom stereocenters. The van der Waals surface area contributed by atoms with Crippen molar-refractivity contribution in [3.63, 3.8) is 0 Å². The zero-order valence-electron chi connectivity index (χ0n) is 11.0. The maximum absolute atomic E-state index is 9.85. The Morgan fingerprint density at radius 2 is 2.00 bits per heavy atom. The minimum atomic E-state index is 0.397. The molecule has 2 aliphatic heterocycles. The third kappa shape index (κ3) is 3.11. The Hall–Kier alpha value is -0.620. The molecule has 104 valence electrons. The summed E-state index contributed by atoms with van der Waals surface area (Å²) in [7, 11) is 0. The molecule has 3 rings (SSSR count). The van der Waals surface area contributed by atoms with E-state index in [1.165, 1.54) is 13.1 Å². The number of phenols is 1. The lowest BCUT2D eigenvalue weighted by atomic mass is 10.0. The van der Waals surface area contributed by atoms with E-state index in [2.05, 4.69) is 31.0 Å². The molecular weight excluding hydrogens is 306 g/mol. The number of piperazine rings is 1. The second kappa shape index (κ2) is 5.79. The van der Waals surface area contributed by atoms with E-state index in [4.69, 9.17) is 0 Å². The first-order chi connectivity index (χ1) is 9.22. The number of phenolic OH excluding ortho intramolecular Hbond substituents is 1. The predicted molar refractivity (Wildman–Crippen MR) is 79.3 cm³/mol. The van der Waals surface area contributed by atoms with Crippen LogP contribution in [0.5, 0.6) is 5.75 Å². The van der Waals surface area contributed by atoms with Gasteiger partial charge in [-0.05, 0) is 18.2 Å². The highest BCUT2D eigenvalue weighted by molar-refractivity contribution is 9.10. The minimum absolute atomic E-state index is 0.397. The Labute approximate surface area is 122 Å². The second-order valence-electron chi connectivity index (χ2n) is 5.41. The predicted octanol–water partition coefficient (Wildman–Crippen LogP) is 1.24. The number of nitrogens with zero attached hydrogens (tertiary/aromatic N) is 2. The molecule has 5 heteroatoms. The smallest absolute Gasteiger partial charge is 0.120 e. The molecule has 1 aromatic carbocycles. The lowest BCUT2D eigenvalue weighted by molar-refractivity contribution is 0.0219. The first-order valence-electron chi connectivity index (χ1n) is 6.87. The van der Waals surface area contributed by atoms with Crippen LogP contribution < -0.4 is 5.32 Å². The zero-order chi connectivity index (χ0) is 13.2. The number of nitrogens with one attached hydrogen (secondary N) is 1. The standard InChI is InChI=1S/C14H20BrN3O/c15-12-1-2-14(19)11(7-12)8-17-9-13(10-17)18-5-3-16-4-6-18/h1-2,7,13,16,19H,3-6,8-10H2. The van der Waals surface area contributed by atoms with Crippen molar-refractivity contribution in [1.82, 2.24) is 15.1 Å². The van der Waals surface area contributed by atoms with Crippen molar-refractivity contribution in [3.8, 4) is 5.75 Å². The van der Waals surface area contributed by atoms with Gasteiger partial charge in [-0.3, -0.25) is 9.80 Å². The molecule has 0 radical (unpaired) electrons. The molecule has 2 heterocycles. The SMILES string of the molecule is Oc1ccc(Br)cc1CN1CC(N2CCNCC2)C1. The maximum Gasteiger partial charge on any atom is 0.120 e. The molecule has 0 atom stereocenters. The lowest BCUT2D eigenvalue weighted by Gasteiger charge is -2.47. The van der Waals surface area contributed by atoms with E-state index in [9.17, 15) is 5.11 Å². The second-order valence-corrected chi connectivity index (χ2v) is 6.32. The molecule has 0 amide bonds. The van der Waals surface area contributed by atoms with Crippen LogP contribution in [0.1, 0.15) is 5.56 Å². The van der Waals surface area contributed by atoms with E-state index in [-0.39, 0.29) is 0 Å². The number of hydrogen-bond acceptors (Lipinski definition) is 4. The largest absolute Gasteiger partial charge is 0.508 e. The van der Waals surface area contributed by atoms with E-state index in [1.807, 2.05) is 12.1 Å². The summed E-state index contributed by atoms with van der Waals surface area (Å²) in [6.45, 7) is 7.64. The summed E-state index contributed by atoms with van der Waals surface area (Å²) in [5.41, 5.74) is 1.01. The molecule has 0 saturated carbocycles. The van der Waals surface area contributed by atoms with E-state index in [0.29, 0.717) is 11.8 Å². The van der Waals surface area contributed by atoms with Gasteiger partial charge in [0.25, 0.3) is 0 Å². The Morgan fingerprint density at radius 3 is 2.74 bits per heavy atom.